The van der Waals surface area contributed by atoms with Gasteiger partial charge < -0.3 is 4.74 Å². The first-order valence-corrected chi connectivity index (χ1v) is 8.37. The third-order valence-corrected chi connectivity index (χ3v) is 4.53. The van der Waals surface area contributed by atoms with Gasteiger partial charge in [-0.1, -0.05) is 58.3 Å². The van der Waals surface area contributed by atoms with E-state index >= 15 is 0 Å². The summed E-state index contributed by atoms with van der Waals surface area (Å²) < 4.78 is 5.64. The molecule has 1 heterocycles. The summed E-state index contributed by atoms with van der Waals surface area (Å²) in [5.74, 6) is 6.31. The van der Waals surface area contributed by atoms with Gasteiger partial charge in [0.1, 0.15) is 0 Å². The minimum atomic E-state index is 0.370. The van der Waals surface area contributed by atoms with Crippen molar-refractivity contribution >= 4 is 0 Å². The molecule has 1 saturated heterocycles. The highest BCUT2D eigenvalue weighted by molar-refractivity contribution is 4.83. The van der Waals surface area contributed by atoms with E-state index in [1.807, 2.05) is 0 Å². The maximum Gasteiger partial charge on any atom is 0.0591 e. The Labute approximate surface area is 119 Å². The summed E-state index contributed by atoms with van der Waals surface area (Å²) in [7, 11) is 0. The molecule has 0 aromatic carbocycles. The fraction of sp³-hybridized carbons (Fsp3) is 1.00. The van der Waals surface area contributed by atoms with Gasteiger partial charge in [0.2, 0.25) is 0 Å². The number of unbranched alkanes of at least 4 members (excludes halogenated alkanes) is 7. The van der Waals surface area contributed by atoms with E-state index in [0.29, 0.717) is 18.1 Å². The topological polar surface area (TPSA) is 47.3 Å². The van der Waals surface area contributed by atoms with E-state index in [2.05, 4.69) is 19.3 Å². The first-order chi connectivity index (χ1) is 9.29. The first kappa shape index (κ1) is 16.9. The van der Waals surface area contributed by atoms with Crippen LogP contribution in [0.5, 0.6) is 0 Å². The molecule has 3 atom stereocenters. The van der Waals surface area contributed by atoms with E-state index in [9.17, 15) is 0 Å². The van der Waals surface area contributed by atoms with Crippen molar-refractivity contribution in [2.24, 2.45) is 11.8 Å². The molecule has 19 heavy (non-hydrogen) atoms. The molecule has 0 saturated carbocycles. The van der Waals surface area contributed by atoms with Crippen LogP contribution in [0.1, 0.15) is 78.1 Å². The molecule has 3 unspecified atom stereocenters. The van der Waals surface area contributed by atoms with Crippen LogP contribution in [-0.4, -0.2) is 18.8 Å². The molecule has 1 aliphatic rings. The zero-order chi connectivity index (χ0) is 13.9. The average Bonchev–Trinajstić information content (AvgIpc) is 2.83. The molecule has 0 aliphatic carbocycles. The van der Waals surface area contributed by atoms with Crippen LogP contribution in [0.2, 0.25) is 0 Å². The summed E-state index contributed by atoms with van der Waals surface area (Å²) in [6.07, 6.45) is 13.7. The van der Waals surface area contributed by atoms with Crippen LogP contribution >= 0.6 is 0 Å². The van der Waals surface area contributed by atoms with Gasteiger partial charge in [0, 0.05) is 18.6 Å². The highest BCUT2D eigenvalue weighted by Crippen LogP contribution is 2.26. The van der Waals surface area contributed by atoms with E-state index in [1.54, 1.807) is 0 Å². The van der Waals surface area contributed by atoms with Crippen molar-refractivity contribution in [3.63, 3.8) is 0 Å². The van der Waals surface area contributed by atoms with Gasteiger partial charge in [0.15, 0.2) is 0 Å². The smallest absolute Gasteiger partial charge is 0.0591 e. The van der Waals surface area contributed by atoms with Crippen LogP contribution < -0.4 is 11.3 Å². The summed E-state index contributed by atoms with van der Waals surface area (Å²) in [6, 6.07) is 0.442. The predicted octanol–water partition coefficient (Wildman–Crippen LogP) is 3.77. The average molecular weight is 270 g/mol. The molecule has 114 valence electrons. The third-order valence-electron chi connectivity index (χ3n) is 4.53. The van der Waals surface area contributed by atoms with Crippen LogP contribution in [0.3, 0.4) is 0 Å². The molecule has 0 amide bonds. The minimum absolute atomic E-state index is 0.370. The fourth-order valence-electron chi connectivity index (χ4n) is 3.20. The summed E-state index contributed by atoms with van der Waals surface area (Å²) in [5, 5.41) is 0. The first-order valence-electron chi connectivity index (χ1n) is 8.37. The largest absolute Gasteiger partial charge is 0.378 e. The van der Waals surface area contributed by atoms with Crippen LogP contribution in [0.15, 0.2) is 0 Å². The van der Waals surface area contributed by atoms with Crippen LogP contribution in [0.4, 0.5) is 0 Å². The van der Waals surface area contributed by atoms with E-state index in [-0.39, 0.29) is 0 Å². The lowest BCUT2D eigenvalue weighted by Crippen LogP contribution is -2.43. The molecule has 0 bridgehead atoms. The van der Waals surface area contributed by atoms with E-state index in [0.717, 1.165) is 13.0 Å². The molecule has 0 aromatic rings. The standard InChI is InChI=1S/C16H34N2O/c1-3-4-5-6-7-8-9-10-11-16(18-17)15-12-13-19-14(15)2/h14-16,18H,3-13,17H2,1-2H3. The van der Waals surface area contributed by atoms with Crippen molar-refractivity contribution < 1.29 is 4.74 Å². The SMILES string of the molecule is CCCCCCCCCCC(NN)C1CCOC1C. The number of nitrogens with two attached hydrogens (primary N) is 1. The van der Waals surface area contributed by atoms with Gasteiger partial charge >= 0.3 is 0 Å². The van der Waals surface area contributed by atoms with E-state index in [4.69, 9.17) is 10.6 Å². The number of hydrazine groups is 1. The lowest BCUT2D eigenvalue weighted by Gasteiger charge is -2.25. The van der Waals surface area contributed by atoms with Crippen molar-refractivity contribution in [3.05, 3.63) is 0 Å². The van der Waals surface area contributed by atoms with Crippen molar-refractivity contribution in [1.29, 1.82) is 0 Å². The third kappa shape index (κ3) is 6.73. The van der Waals surface area contributed by atoms with Gasteiger partial charge in [-0.25, -0.2) is 0 Å². The van der Waals surface area contributed by atoms with Gasteiger partial charge in [0.05, 0.1) is 6.10 Å². The predicted molar refractivity (Wildman–Crippen MR) is 81.9 cm³/mol. The Morgan fingerprint density at radius 1 is 1.11 bits per heavy atom. The van der Waals surface area contributed by atoms with Gasteiger partial charge in [-0.05, 0) is 19.8 Å². The Hall–Kier alpha value is -0.120. The molecule has 3 heteroatoms. The molecule has 0 radical (unpaired) electrons. The number of hydrogen-bond acceptors (Lipinski definition) is 3. The molecule has 1 rings (SSSR count). The lowest BCUT2D eigenvalue weighted by atomic mass is 9.90. The highest BCUT2D eigenvalue weighted by Gasteiger charge is 2.30. The number of ether oxygens (including phenoxy) is 1. The zero-order valence-corrected chi connectivity index (χ0v) is 13.0. The van der Waals surface area contributed by atoms with Crippen molar-refractivity contribution in [1.82, 2.24) is 5.43 Å². The molecule has 0 aromatic heterocycles. The molecular weight excluding hydrogens is 236 g/mol. The Morgan fingerprint density at radius 3 is 2.26 bits per heavy atom. The van der Waals surface area contributed by atoms with E-state index < -0.39 is 0 Å². The number of nitrogens with one attached hydrogen (secondary N) is 1. The molecule has 1 fully saturated rings. The van der Waals surface area contributed by atoms with Crippen LogP contribution in [0.25, 0.3) is 0 Å². The fourth-order valence-corrected chi connectivity index (χ4v) is 3.20. The molecule has 1 aliphatic heterocycles. The zero-order valence-electron chi connectivity index (χ0n) is 13.0. The summed E-state index contributed by atoms with van der Waals surface area (Å²) in [5.41, 5.74) is 3.01. The summed E-state index contributed by atoms with van der Waals surface area (Å²) in [6.45, 7) is 5.35. The second-order valence-electron chi connectivity index (χ2n) is 6.07. The Bertz CT molecular complexity index is 211. The molecule has 0 spiro atoms. The van der Waals surface area contributed by atoms with Gasteiger partial charge in [0.25, 0.3) is 0 Å². The minimum Gasteiger partial charge on any atom is -0.378 e. The molecule has 3 N–H and O–H groups in total. The number of hydrogen-bond donors (Lipinski definition) is 2. The lowest BCUT2D eigenvalue weighted by molar-refractivity contribution is 0.0939. The highest BCUT2D eigenvalue weighted by atomic mass is 16.5. The second-order valence-corrected chi connectivity index (χ2v) is 6.07. The Balaban J connectivity index is 2.00. The van der Waals surface area contributed by atoms with Crippen LogP contribution in [-0.2, 0) is 4.74 Å². The Morgan fingerprint density at radius 2 is 1.74 bits per heavy atom. The molecular formula is C16H34N2O. The normalized spacial score (nSPS) is 24.8. The maximum atomic E-state index is 5.71. The van der Waals surface area contributed by atoms with E-state index in [1.165, 1.54) is 57.8 Å². The van der Waals surface area contributed by atoms with Crippen molar-refractivity contribution in [2.45, 2.75) is 90.2 Å². The van der Waals surface area contributed by atoms with Gasteiger partial charge in [-0.2, -0.15) is 0 Å². The van der Waals surface area contributed by atoms with Crippen molar-refractivity contribution in [3.8, 4) is 0 Å². The van der Waals surface area contributed by atoms with Crippen LogP contribution in [0, 0.1) is 5.92 Å². The van der Waals surface area contributed by atoms with Gasteiger partial charge in [-0.3, -0.25) is 11.3 Å². The summed E-state index contributed by atoms with van der Waals surface area (Å²) in [4.78, 5) is 0. The summed E-state index contributed by atoms with van der Waals surface area (Å²) >= 11 is 0. The van der Waals surface area contributed by atoms with Crippen molar-refractivity contribution in [2.75, 3.05) is 6.61 Å². The quantitative estimate of drug-likeness (QED) is 0.341. The monoisotopic (exact) mass is 270 g/mol. The maximum absolute atomic E-state index is 5.71. The Kier molecular flexibility index (Phi) is 9.48. The second kappa shape index (κ2) is 10.6. The molecule has 3 nitrogen and oxygen atoms in total. The van der Waals surface area contributed by atoms with Gasteiger partial charge in [-0.15, -0.1) is 0 Å². The number of rotatable bonds is 11.